The standard InChI is InChI=1S/C29H27BrN2O2/c30-16-18-34-29(22-11-5-2-6-12-22)19-23-27-24(31-17-8-15-26(29)31)13-7-14-25(27)32(28(23)33)20-21-9-3-1-4-10-21/h1-7,9-14,19,26H,8,15-18,20H2/t26-,29-/m0/s1. The number of carbonyl (C=O) groups is 1. The molecule has 6 rings (SSSR count). The van der Waals surface area contributed by atoms with E-state index >= 15 is 0 Å². The normalized spacial score (nSPS) is 22.9. The first-order valence-corrected chi connectivity index (χ1v) is 13.1. The number of anilines is 2. The predicted molar refractivity (Wildman–Crippen MR) is 140 cm³/mol. The van der Waals surface area contributed by atoms with Gasteiger partial charge in [-0.3, -0.25) is 4.79 Å². The number of carbonyl (C=O) groups excluding carboxylic acids is 1. The van der Waals surface area contributed by atoms with E-state index in [1.165, 1.54) is 0 Å². The van der Waals surface area contributed by atoms with Gasteiger partial charge >= 0.3 is 0 Å². The number of benzene rings is 3. The summed E-state index contributed by atoms with van der Waals surface area (Å²) in [5, 5.41) is 0.740. The van der Waals surface area contributed by atoms with Crippen LogP contribution in [0.15, 0.2) is 84.9 Å². The molecule has 0 aliphatic carbocycles. The second kappa shape index (κ2) is 8.71. The van der Waals surface area contributed by atoms with Gasteiger partial charge in [-0.15, -0.1) is 0 Å². The van der Waals surface area contributed by atoms with Crippen LogP contribution in [0.1, 0.15) is 29.5 Å². The summed E-state index contributed by atoms with van der Waals surface area (Å²) in [7, 11) is 0. The van der Waals surface area contributed by atoms with Gasteiger partial charge in [0, 0.05) is 23.1 Å². The van der Waals surface area contributed by atoms with Gasteiger partial charge < -0.3 is 14.5 Å². The Morgan fingerprint density at radius 3 is 2.44 bits per heavy atom. The summed E-state index contributed by atoms with van der Waals surface area (Å²) in [5.74, 6) is 0.0511. The zero-order chi connectivity index (χ0) is 23.1. The number of hydrogen-bond donors (Lipinski definition) is 0. The lowest BCUT2D eigenvalue weighted by atomic mass is 9.83. The van der Waals surface area contributed by atoms with E-state index in [1.807, 2.05) is 29.2 Å². The van der Waals surface area contributed by atoms with E-state index in [9.17, 15) is 4.79 Å². The number of hydrogen-bond acceptors (Lipinski definition) is 3. The van der Waals surface area contributed by atoms with E-state index in [0.29, 0.717) is 13.2 Å². The van der Waals surface area contributed by atoms with Gasteiger partial charge in [0.15, 0.2) is 0 Å². The van der Waals surface area contributed by atoms with Crippen molar-refractivity contribution in [3.8, 4) is 0 Å². The molecular formula is C29H27BrN2O2. The van der Waals surface area contributed by atoms with Crippen molar-refractivity contribution in [2.45, 2.75) is 31.0 Å². The van der Waals surface area contributed by atoms with Gasteiger partial charge in [0.1, 0.15) is 5.60 Å². The van der Waals surface area contributed by atoms with Crippen LogP contribution in [0.25, 0.3) is 5.57 Å². The van der Waals surface area contributed by atoms with Crippen LogP contribution >= 0.6 is 15.9 Å². The minimum atomic E-state index is -0.699. The molecule has 1 amide bonds. The fraction of sp³-hybridized carbons (Fsp3) is 0.276. The number of rotatable bonds is 6. The molecule has 0 bridgehead atoms. The smallest absolute Gasteiger partial charge is 0.259 e. The molecular weight excluding hydrogens is 488 g/mol. The Morgan fingerprint density at radius 2 is 1.68 bits per heavy atom. The number of amides is 1. The van der Waals surface area contributed by atoms with Gasteiger partial charge in [-0.05, 0) is 42.2 Å². The number of ether oxygens (including phenoxy) is 1. The zero-order valence-corrected chi connectivity index (χ0v) is 20.6. The molecule has 0 N–H and O–H groups in total. The fourth-order valence-electron chi connectivity index (χ4n) is 5.90. The van der Waals surface area contributed by atoms with Crippen LogP contribution in [0.4, 0.5) is 11.4 Å². The Labute approximate surface area is 209 Å². The van der Waals surface area contributed by atoms with E-state index in [1.54, 1.807) is 0 Å². The Morgan fingerprint density at radius 1 is 0.941 bits per heavy atom. The highest BCUT2D eigenvalue weighted by atomic mass is 79.9. The van der Waals surface area contributed by atoms with Crippen LogP contribution in [0.5, 0.6) is 0 Å². The Kier molecular flexibility index (Phi) is 5.54. The number of nitrogens with zero attached hydrogens (tertiary/aromatic N) is 2. The Balaban J connectivity index is 1.56. The van der Waals surface area contributed by atoms with Crippen LogP contribution in [-0.4, -0.2) is 30.4 Å². The topological polar surface area (TPSA) is 32.8 Å². The van der Waals surface area contributed by atoms with Crippen LogP contribution in [0, 0.1) is 0 Å². The van der Waals surface area contributed by atoms with Crippen LogP contribution in [0.3, 0.4) is 0 Å². The molecule has 4 nitrogen and oxygen atoms in total. The molecule has 0 unspecified atom stereocenters. The van der Waals surface area contributed by atoms with Crippen molar-refractivity contribution in [2.24, 2.45) is 0 Å². The van der Waals surface area contributed by atoms with Crippen molar-refractivity contribution in [1.29, 1.82) is 0 Å². The van der Waals surface area contributed by atoms with Crippen molar-refractivity contribution in [3.05, 3.63) is 102 Å². The van der Waals surface area contributed by atoms with Crippen molar-refractivity contribution in [2.75, 3.05) is 28.3 Å². The Bertz CT molecular complexity index is 1240. The first-order chi connectivity index (χ1) is 16.7. The molecule has 3 aliphatic rings. The summed E-state index contributed by atoms with van der Waals surface area (Å²) in [5.41, 5.74) is 5.47. The first kappa shape index (κ1) is 21.6. The van der Waals surface area contributed by atoms with Crippen LogP contribution < -0.4 is 9.80 Å². The summed E-state index contributed by atoms with van der Waals surface area (Å²) in [6, 6.07) is 27.1. The maximum atomic E-state index is 14.0. The highest BCUT2D eigenvalue weighted by molar-refractivity contribution is 9.09. The minimum absolute atomic E-state index is 0.0511. The van der Waals surface area contributed by atoms with Crippen LogP contribution in [0.2, 0.25) is 0 Å². The maximum Gasteiger partial charge on any atom is 0.259 e. The lowest BCUT2D eigenvalue weighted by Gasteiger charge is -2.41. The zero-order valence-electron chi connectivity index (χ0n) is 19.0. The van der Waals surface area contributed by atoms with Gasteiger partial charge in [-0.2, -0.15) is 0 Å². The summed E-state index contributed by atoms with van der Waals surface area (Å²) in [6.45, 7) is 2.08. The van der Waals surface area contributed by atoms with Crippen molar-refractivity contribution in [3.63, 3.8) is 0 Å². The quantitative estimate of drug-likeness (QED) is 0.383. The average Bonchev–Trinajstić information content (AvgIpc) is 3.44. The van der Waals surface area contributed by atoms with Gasteiger partial charge in [0.05, 0.1) is 30.5 Å². The molecule has 34 heavy (non-hydrogen) atoms. The van der Waals surface area contributed by atoms with Crippen molar-refractivity contribution < 1.29 is 9.53 Å². The molecule has 1 fully saturated rings. The number of alkyl halides is 1. The molecule has 1 saturated heterocycles. The third-order valence-electron chi connectivity index (χ3n) is 7.30. The van der Waals surface area contributed by atoms with E-state index in [2.05, 4.69) is 81.5 Å². The van der Waals surface area contributed by atoms with E-state index in [0.717, 1.165) is 58.4 Å². The van der Waals surface area contributed by atoms with Gasteiger partial charge in [-0.25, -0.2) is 0 Å². The van der Waals surface area contributed by atoms with E-state index in [4.69, 9.17) is 4.74 Å². The van der Waals surface area contributed by atoms with E-state index in [-0.39, 0.29) is 11.9 Å². The highest BCUT2D eigenvalue weighted by Crippen LogP contribution is 2.52. The second-order valence-corrected chi connectivity index (χ2v) is 9.95. The molecule has 172 valence electrons. The highest BCUT2D eigenvalue weighted by Gasteiger charge is 2.51. The lowest BCUT2D eigenvalue weighted by Crippen LogP contribution is -2.48. The van der Waals surface area contributed by atoms with Crippen molar-refractivity contribution >= 4 is 38.8 Å². The monoisotopic (exact) mass is 514 g/mol. The summed E-state index contributed by atoms with van der Waals surface area (Å²) >= 11 is 3.56. The lowest BCUT2D eigenvalue weighted by molar-refractivity contribution is -0.113. The summed E-state index contributed by atoms with van der Waals surface area (Å²) in [4.78, 5) is 18.4. The predicted octanol–water partition coefficient (Wildman–Crippen LogP) is 5.91. The largest absolute Gasteiger partial charge is 0.364 e. The third-order valence-corrected chi connectivity index (χ3v) is 7.62. The first-order valence-electron chi connectivity index (χ1n) is 12.0. The maximum absolute atomic E-state index is 14.0. The molecule has 0 spiro atoms. The fourth-order valence-corrected chi connectivity index (χ4v) is 6.06. The van der Waals surface area contributed by atoms with Crippen molar-refractivity contribution in [1.82, 2.24) is 0 Å². The van der Waals surface area contributed by atoms with Gasteiger partial charge in [0.2, 0.25) is 0 Å². The molecule has 0 saturated carbocycles. The molecule has 3 aromatic rings. The number of fused-ring (bicyclic) bond motifs is 2. The second-order valence-electron chi connectivity index (χ2n) is 9.15. The Hall–Kier alpha value is -2.89. The number of halogens is 1. The SMILES string of the molecule is O=C1C2=C[C@](OCCBr)(c3ccccc3)[C@@H]3CCCN3c3cccc(c32)N1Cc1ccccc1. The molecule has 3 aliphatic heterocycles. The van der Waals surface area contributed by atoms with E-state index < -0.39 is 5.60 Å². The average molecular weight is 515 g/mol. The molecule has 0 radical (unpaired) electrons. The molecule has 0 aromatic heterocycles. The summed E-state index contributed by atoms with van der Waals surface area (Å²) in [6.07, 6.45) is 4.27. The van der Waals surface area contributed by atoms with Gasteiger partial charge in [-0.1, -0.05) is 82.7 Å². The minimum Gasteiger partial charge on any atom is -0.364 e. The van der Waals surface area contributed by atoms with Gasteiger partial charge in [0.25, 0.3) is 5.91 Å². The van der Waals surface area contributed by atoms with Crippen LogP contribution in [-0.2, 0) is 21.7 Å². The molecule has 3 heterocycles. The molecule has 2 atom stereocenters. The molecule has 3 aromatic carbocycles. The third kappa shape index (κ3) is 3.33. The summed E-state index contributed by atoms with van der Waals surface area (Å²) < 4.78 is 6.75. The molecule has 5 heteroatoms.